The Labute approximate surface area is 216 Å². The highest BCUT2D eigenvalue weighted by molar-refractivity contribution is 5.94. The number of hydrogen-bond acceptors (Lipinski definition) is 9. The first-order valence-corrected chi connectivity index (χ1v) is 12.3. The summed E-state index contributed by atoms with van der Waals surface area (Å²) < 4.78 is 0. The SMILES string of the molecule is NCCCCC(N)C(=O)NC(CO)C(=O)NC(CCCCN)C(=O)NC(Cc1ccc(O)cc1)C(=O)O. The molecule has 0 aromatic heterocycles. The Morgan fingerprint density at radius 3 is 1.81 bits per heavy atom. The number of aromatic hydroxyl groups is 1. The van der Waals surface area contributed by atoms with E-state index in [1.807, 2.05) is 0 Å². The minimum atomic E-state index is -1.36. The van der Waals surface area contributed by atoms with Gasteiger partial charge in [0.05, 0.1) is 12.6 Å². The molecule has 4 unspecified atom stereocenters. The van der Waals surface area contributed by atoms with Crippen molar-refractivity contribution in [3.8, 4) is 5.75 Å². The Hall–Kier alpha value is -3.26. The van der Waals surface area contributed by atoms with Gasteiger partial charge in [-0.05, 0) is 62.9 Å². The van der Waals surface area contributed by atoms with E-state index in [1.165, 1.54) is 24.3 Å². The molecule has 1 aromatic rings. The molecule has 12 N–H and O–H groups in total. The van der Waals surface area contributed by atoms with Crippen LogP contribution in [0.5, 0.6) is 5.75 Å². The first kappa shape index (κ1) is 31.8. The number of carboxylic acid groups (broad SMARTS) is 1. The summed E-state index contributed by atoms with van der Waals surface area (Å²) in [6.07, 6.45) is 2.80. The van der Waals surface area contributed by atoms with Crippen LogP contribution in [0.1, 0.15) is 44.1 Å². The van der Waals surface area contributed by atoms with Gasteiger partial charge < -0.3 is 48.5 Å². The molecule has 0 aliphatic rings. The number of aliphatic hydroxyl groups is 1. The summed E-state index contributed by atoms with van der Waals surface area (Å²) in [6, 6.07) is 1.19. The second-order valence-corrected chi connectivity index (χ2v) is 8.75. The number of benzene rings is 1. The zero-order chi connectivity index (χ0) is 27.8. The van der Waals surface area contributed by atoms with Crippen molar-refractivity contribution in [2.45, 2.75) is 69.1 Å². The van der Waals surface area contributed by atoms with Gasteiger partial charge in [-0.1, -0.05) is 18.6 Å². The molecule has 4 atom stereocenters. The number of phenolic OH excluding ortho intramolecular Hbond substituents is 1. The van der Waals surface area contributed by atoms with E-state index in [1.54, 1.807) is 0 Å². The Kier molecular flexibility index (Phi) is 14.8. The molecular weight excluding hydrogens is 484 g/mol. The highest BCUT2D eigenvalue weighted by atomic mass is 16.4. The third-order valence-electron chi connectivity index (χ3n) is 5.69. The van der Waals surface area contributed by atoms with Crippen molar-refractivity contribution in [2.24, 2.45) is 17.2 Å². The zero-order valence-corrected chi connectivity index (χ0v) is 20.9. The van der Waals surface area contributed by atoms with Crippen LogP contribution in [-0.2, 0) is 25.6 Å². The molecule has 1 rings (SSSR count). The number of aliphatic carboxylic acids is 1. The maximum absolute atomic E-state index is 13.0. The van der Waals surface area contributed by atoms with Gasteiger partial charge in [-0.3, -0.25) is 14.4 Å². The Morgan fingerprint density at radius 2 is 1.27 bits per heavy atom. The number of carbonyl (C=O) groups is 4. The summed E-state index contributed by atoms with van der Waals surface area (Å²) in [5.74, 6) is -3.45. The molecule has 37 heavy (non-hydrogen) atoms. The molecule has 0 radical (unpaired) electrons. The number of rotatable bonds is 18. The van der Waals surface area contributed by atoms with Gasteiger partial charge in [-0.15, -0.1) is 0 Å². The molecular formula is C24H40N6O7. The van der Waals surface area contributed by atoms with Crippen LogP contribution in [0.15, 0.2) is 24.3 Å². The Balaban J connectivity index is 2.87. The standard InChI is InChI=1S/C24H40N6O7/c25-11-3-1-5-17(27)21(33)30-20(14-31)23(35)28-18(6-2-4-12-26)22(34)29-19(24(36)37)13-15-7-9-16(32)10-8-15/h7-10,17-20,31-32H,1-6,11-14,25-27H2,(H,28,35)(H,29,34)(H,30,33)(H,36,37). The van der Waals surface area contributed by atoms with E-state index < -0.39 is 54.5 Å². The molecule has 0 aliphatic heterocycles. The van der Waals surface area contributed by atoms with Gasteiger partial charge in [0, 0.05) is 6.42 Å². The number of nitrogens with one attached hydrogen (secondary N) is 3. The number of carboxylic acids is 1. The van der Waals surface area contributed by atoms with Crippen LogP contribution in [0.25, 0.3) is 0 Å². The molecule has 0 bridgehead atoms. The summed E-state index contributed by atoms with van der Waals surface area (Å²) >= 11 is 0. The minimum absolute atomic E-state index is 0.0179. The van der Waals surface area contributed by atoms with Gasteiger partial charge in [0.1, 0.15) is 23.9 Å². The first-order valence-electron chi connectivity index (χ1n) is 12.3. The summed E-state index contributed by atoms with van der Waals surface area (Å²) in [4.78, 5) is 49.9. The van der Waals surface area contributed by atoms with E-state index in [4.69, 9.17) is 17.2 Å². The maximum atomic E-state index is 13.0. The lowest BCUT2D eigenvalue weighted by atomic mass is 10.0. The van der Waals surface area contributed by atoms with E-state index in [0.29, 0.717) is 50.8 Å². The summed E-state index contributed by atoms with van der Waals surface area (Å²) in [5, 5.41) is 36.0. The van der Waals surface area contributed by atoms with E-state index in [0.717, 1.165) is 0 Å². The van der Waals surface area contributed by atoms with Gasteiger partial charge in [-0.2, -0.15) is 0 Å². The van der Waals surface area contributed by atoms with Crippen LogP contribution in [0.3, 0.4) is 0 Å². The van der Waals surface area contributed by atoms with Gasteiger partial charge in [-0.25, -0.2) is 4.79 Å². The monoisotopic (exact) mass is 524 g/mol. The van der Waals surface area contributed by atoms with Gasteiger partial charge in [0.15, 0.2) is 0 Å². The van der Waals surface area contributed by atoms with Crippen molar-refractivity contribution >= 4 is 23.7 Å². The van der Waals surface area contributed by atoms with Crippen molar-refractivity contribution in [1.29, 1.82) is 0 Å². The van der Waals surface area contributed by atoms with E-state index in [9.17, 15) is 34.5 Å². The lowest BCUT2D eigenvalue weighted by molar-refractivity contribution is -0.142. The van der Waals surface area contributed by atoms with Crippen molar-refractivity contribution in [3.63, 3.8) is 0 Å². The predicted molar refractivity (Wildman–Crippen MR) is 136 cm³/mol. The highest BCUT2D eigenvalue weighted by Crippen LogP contribution is 2.12. The molecule has 3 amide bonds. The largest absolute Gasteiger partial charge is 0.508 e. The molecule has 13 nitrogen and oxygen atoms in total. The molecule has 1 aromatic carbocycles. The average molecular weight is 525 g/mol. The fourth-order valence-corrected chi connectivity index (χ4v) is 3.49. The lowest BCUT2D eigenvalue weighted by Crippen LogP contribution is -2.58. The number of nitrogens with two attached hydrogens (primary N) is 3. The fraction of sp³-hybridized carbons (Fsp3) is 0.583. The second kappa shape index (κ2) is 17.2. The quantitative estimate of drug-likeness (QED) is 0.0961. The number of aliphatic hydroxyl groups excluding tert-OH is 1. The Bertz CT molecular complexity index is 868. The molecule has 13 heteroatoms. The third-order valence-corrected chi connectivity index (χ3v) is 5.69. The normalized spacial score (nSPS) is 14.2. The van der Waals surface area contributed by atoms with Gasteiger partial charge in [0.2, 0.25) is 17.7 Å². The van der Waals surface area contributed by atoms with E-state index in [2.05, 4.69) is 16.0 Å². The molecule has 0 aliphatic carbocycles. The van der Waals surface area contributed by atoms with Gasteiger partial charge >= 0.3 is 5.97 Å². The van der Waals surface area contributed by atoms with Crippen molar-refractivity contribution in [1.82, 2.24) is 16.0 Å². The molecule has 208 valence electrons. The summed E-state index contributed by atoms with van der Waals surface area (Å²) in [6.45, 7) is 0.0857. The average Bonchev–Trinajstić information content (AvgIpc) is 2.87. The topological polar surface area (TPSA) is 243 Å². The molecule has 0 saturated carbocycles. The highest BCUT2D eigenvalue weighted by Gasteiger charge is 2.30. The van der Waals surface area contributed by atoms with Crippen molar-refractivity contribution in [3.05, 3.63) is 29.8 Å². The third kappa shape index (κ3) is 12.0. The van der Waals surface area contributed by atoms with Crippen LogP contribution in [0.2, 0.25) is 0 Å². The first-order chi connectivity index (χ1) is 17.6. The summed E-state index contributed by atoms with van der Waals surface area (Å²) in [5.41, 5.74) is 17.4. The maximum Gasteiger partial charge on any atom is 0.326 e. The van der Waals surface area contributed by atoms with Crippen molar-refractivity contribution < 1.29 is 34.5 Å². The van der Waals surface area contributed by atoms with Crippen LogP contribution < -0.4 is 33.2 Å². The molecule has 0 fully saturated rings. The number of unbranched alkanes of at least 4 members (excludes halogenated alkanes) is 2. The Morgan fingerprint density at radius 1 is 0.757 bits per heavy atom. The van der Waals surface area contributed by atoms with E-state index in [-0.39, 0.29) is 18.6 Å². The van der Waals surface area contributed by atoms with Crippen LogP contribution in [-0.4, -0.2) is 82.9 Å². The molecule has 0 saturated heterocycles. The number of carbonyl (C=O) groups excluding carboxylic acids is 3. The predicted octanol–water partition coefficient (Wildman–Crippen LogP) is -1.95. The van der Waals surface area contributed by atoms with Crippen LogP contribution in [0, 0.1) is 0 Å². The zero-order valence-electron chi connectivity index (χ0n) is 20.9. The van der Waals surface area contributed by atoms with Crippen LogP contribution in [0.4, 0.5) is 0 Å². The minimum Gasteiger partial charge on any atom is -0.508 e. The van der Waals surface area contributed by atoms with Gasteiger partial charge in [0.25, 0.3) is 0 Å². The van der Waals surface area contributed by atoms with Crippen molar-refractivity contribution in [2.75, 3.05) is 19.7 Å². The van der Waals surface area contributed by atoms with E-state index >= 15 is 0 Å². The lowest BCUT2D eigenvalue weighted by Gasteiger charge is -2.24. The summed E-state index contributed by atoms with van der Waals surface area (Å²) in [7, 11) is 0. The van der Waals surface area contributed by atoms with Crippen LogP contribution >= 0.6 is 0 Å². The number of hydrogen-bond donors (Lipinski definition) is 9. The molecule has 0 heterocycles. The number of amides is 3. The smallest absolute Gasteiger partial charge is 0.326 e. The second-order valence-electron chi connectivity index (χ2n) is 8.75. The molecule has 0 spiro atoms. The fourth-order valence-electron chi connectivity index (χ4n) is 3.49. The number of phenols is 1.